The number of hydrogen-bond acceptors (Lipinski definition) is 2. The van der Waals surface area contributed by atoms with Crippen LogP contribution in [0.15, 0.2) is 48.5 Å². The zero-order valence-corrected chi connectivity index (χ0v) is 13.3. The van der Waals surface area contributed by atoms with Gasteiger partial charge >= 0.3 is 6.18 Å². The zero-order valence-electron chi connectivity index (χ0n) is 13.3. The molecule has 1 fully saturated rings. The Labute approximate surface area is 146 Å². The molecule has 1 aliphatic heterocycles. The second-order valence-electron chi connectivity index (χ2n) is 6.01. The highest BCUT2D eigenvalue weighted by molar-refractivity contribution is 6.10. The number of carbonyl (C=O) groups is 2. The van der Waals surface area contributed by atoms with Crippen LogP contribution in [-0.4, -0.2) is 18.4 Å². The summed E-state index contributed by atoms with van der Waals surface area (Å²) in [6, 6.07) is 9.85. The van der Waals surface area contributed by atoms with Crippen LogP contribution in [0.4, 0.5) is 23.2 Å². The van der Waals surface area contributed by atoms with Crippen LogP contribution < -0.4 is 10.6 Å². The van der Waals surface area contributed by atoms with Crippen LogP contribution in [0.3, 0.4) is 0 Å². The monoisotopic (exact) mass is 366 g/mol. The molecule has 0 spiro atoms. The SMILES string of the molecule is NC(=O)C1C(=O)N(c2ccccc2F)CC1c1cccc(C(F)(F)F)c1. The first kappa shape index (κ1) is 17.9. The molecule has 136 valence electrons. The number of benzene rings is 2. The first-order valence-electron chi connectivity index (χ1n) is 7.72. The van der Waals surface area contributed by atoms with Crippen molar-refractivity contribution in [1.82, 2.24) is 0 Å². The molecule has 0 aliphatic carbocycles. The van der Waals surface area contributed by atoms with Gasteiger partial charge in [0.15, 0.2) is 0 Å². The predicted octanol–water partition coefficient (Wildman–Crippen LogP) is 3.08. The number of nitrogens with two attached hydrogens (primary N) is 1. The van der Waals surface area contributed by atoms with Gasteiger partial charge in [0.05, 0.1) is 11.3 Å². The molecule has 1 heterocycles. The quantitative estimate of drug-likeness (QED) is 0.670. The van der Waals surface area contributed by atoms with E-state index in [9.17, 15) is 27.2 Å². The summed E-state index contributed by atoms with van der Waals surface area (Å²) in [6.07, 6.45) is -4.56. The average Bonchev–Trinajstić information content (AvgIpc) is 2.92. The molecule has 2 aromatic rings. The fraction of sp³-hybridized carbons (Fsp3) is 0.222. The first-order chi connectivity index (χ1) is 12.2. The Bertz CT molecular complexity index is 866. The minimum Gasteiger partial charge on any atom is -0.369 e. The fourth-order valence-electron chi connectivity index (χ4n) is 3.18. The van der Waals surface area contributed by atoms with E-state index in [2.05, 4.69) is 0 Å². The molecule has 2 amide bonds. The molecule has 0 saturated carbocycles. The van der Waals surface area contributed by atoms with Crippen molar-refractivity contribution in [3.63, 3.8) is 0 Å². The van der Waals surface area contributed by atoms with Gasteiger partial charge in [0.25, 0.3) is 0 Å². The van der Waals surface area contributed by atoms with Crippen LogP contribution in [0.5, 0.6) is 0 Å². The molecule has 26 heavy (non-hydrogen) atoms. The molecular weight excluding hydrogens is 352 g/mol. The summed E-state index contributed by atoms with van der Waals surface area (Å²) in [4.78, 5) is 25.5. The lowest BCUT2D eigenvalue weighted by molar-refractivity contribution is -0.137. The lowest BCUT2D eigenvalue weighted by atomic mass is 9.87. The molecule has 8 heteroatoms. The summed E-state index contributed by atoms with van der Waals surface area (Å²) in [7, 11) is 0. The molecular formula is C18H14F4N2O2. The van der Waals surface area contributed by atoms with Gasteiger partial charge in [-0.25, -0.2) is 4.39 Å². The van der Waals surface area contributed by atoms with Gasteiger partial charge in [0.2, 0.25) is 11.8 Å². The number of anilines is 1. The highest BCUT2D eigenvalue weighted by Crippen LogP contribution is 2.39. The minimum absolute atomic E-state index is 0.0433. The largest absolute Gasteiger partial charge is 0.416 e. The van der Waals surface area contributed by atoms with E-state index < -0.39 is 41.2 Å². The van der Waals surface area contributed by atoms with E-state index in [1.165, 1.54) is 30.3 Å². The Morgan fingerprint density at radius 2 is 1.81 bits per heavy atom. The number of amides is 2. The van der Waals surface area contributed by atoms with Crippen molar-refractivity contribution in [2.45, 2.75) is 12.1 Å². The van der Waals surface area contributed by atoms with Gasteiger partial charge < -0.3 is 10.6 Å². The number of para-hydroxylation sites is 1. The maximum Gasteiger partial charge on any atom is 0.416 e. The van der Waals surface area contributed by atoms with E-state index >= 15 is 0 Å². The smallest absolute Gasteiger partial charge is 0.369 e. The molecule has 0 radical (unpaired) electrons. The van der Waals surface area contributed by atoms with E-state index in [1.54, 1.807) is 0 Å². The summed E-state index contributed by atoms with van der Waals surface area (Å²) >= 11 is 0. The van der Waals surface area contributed by atoms with Crippen molar-refractivity contribution < 1.29 is 27.2 Å². The molecule has 1 saturated heterocycles. The van der Waals surface area contributed by atoms with Crippen LogP contribution in [0.1, 0.15) is 17.0 Å². The van der Waals surface area contributed by atoms with E-state index in [0.29, 0.717) is 0 Å². The van der Waals surface area contributed by atoms with Crippen molar-refractivity contribution >= 4 is 17.5 Å². The summed E-state index contributed by atoms with van der Waals surface area (Å²) in [5, 5.41) is 0. The number of hydrogen-bond donors (Lipinski definition) is 1. The van der Waals surface area contributed by atoms with Gasteiger partial charge in [0, 0.05) is 12.5 Å². The normalized spacial score (nSPS) is 20.5. The Balaban J connectivity index is 2.03. The van der Waals surface area contributed by atoms with Crippen molar-refractivity contribution in [3.05, 3.63) is 65.5 Å². The zero-order chi connectivity index (χ0) is 19.1. The Hall–Kier alpha value is -2.90. The minimum atomic E-state index is -4.56. The van der Waals surface area contributed by atoms with Gasteiger partial charge in [0.1, 0.15) is 11.7 Å². The van der Waals surface area contributed by atoms with Crippen LogP contribution >= 0.6 is 0 Å². The van der Waals surface area contributed by atoms with Crippen molar-refractivity contribution in [1.29, 1.82) is 0 Å². The Morgan fingerprint density at radius 1 is 1.12 bits per heavy atom. The first-order valence-corrected chi connectivity index (χ1v) is 7.72. The topological polar surface area (TPSA) is 63.4 Å². The van der Waals surface area contributed by atoms with Gasteiger partial charge in [-0.3, -0.25) is 9.59 Å². The molecule has 2 N–H and O–H groups in total. The lowest BCUT2D eigenvalue weighted by Gasteiger charge is -2.18. The Kier molecular flexibility index (Phi) is 4.43. The average molecular weight is 366 g/mol. The molecule has 1 aliphatic rings. The third-order valence-corrected chi connectivity index (χ3v) is 4.41. The van der Waals surface area contributed by atoms with Crippen molar-refractivity contribution in [2.75, 3.05) is 11.4 Å². The number of alkyl halides is 3. The van der Waals surface area contributed by atoms with Crippen LogP contribution in [0, 0.1) is 11.7 Å². The van der Waals surface area contributed by atoms with Gasteiger partial charge in [-0.05, 0) is 23.8 Å². The second-order valence-corrected chi connectivity index (χ2v) is 6.01. The molecule has 2 aromatic carbocycles. The number of primary amides is 1. The van der Waals surface area contributed by atoms with Crippen LogP contribution in [0.2, 0.25) is 0 Å². The Morgan fingerprint density at radius 3 is 2.42 bits per heavy atom. The highest BCUT2D eigenvalue weighted by atomic mass is 19.4. The van der Waals surface area contributed by atoms with Crippen molar-refractivity contribution in [2.24, 2.45) is 11.7 Å². The lowest BCUT2D eigenvalue weighted by Crippen LogP contribution is -2.34. The molecule has 4 nitrogen and oxygen atoms in total. The van der Waals surface area contributed by atoms with E-state index in [1.807, 2.05) is 0 Å². The third kappa shape index (κ3) is 3.14. The summed E-state index contributed by atoms with van der Waals surface area (Å²) in [5.41, 5.74) is 4.53. The molecule has 0 bridgehead atoms. The summed E-state index contributed by atoms with van der Waals surface area (Å²) in [6.45, 7) is -0.144. The van der Waals surface area contributed by atoms with E-state index in [4.69, 9.17) is 5.73 Å². The summed E-state index contributed by atoms with van der Waals surface area (Å²) < 4.78 is 52.9. The van der Waals surface area contributed by atoms with Gasteiger partial charge in [-0.1, -0.05) is 30.3 Å². The number of nitrogens with zero attached hydrogens (tertiary/aromatic N) is 1. The van der Waals surface area contributed by atoms with Crippen LogP contribution in [0.25, 0.3) is 0 Å². The van der Waals surface area contributed by atoms with Crippen LogP contribution in [-0.2, 0) is 15.8 Å². The fourth-order valence-corrected chi connectivity index (χ4v) is 3.18. The van der Waals surface area contributed by atoms with E-state index in [0.717, 1.165) is 23.1 Å². The molecule has 2 atom stereocenters. The standard InChI is InChI=1S/C18H14F4N2O2/c19-13-6-1-2-7-14(13)24-9-12(15(16(23)25)17(24)26)10-4-3-5-11(8-10)18(20,21)22/h1-8,12,15H,9H2,(H2,23,25). The number of halogens is 4. The second kappa shape index (κ2) is 6.44. The maximum absolute atomic E-state index is 14.0. The maximum atomic E-state index is 14.0. The predicted molar refractivity (Wildman–Crippen MR) is 85.6 cm³/mol. The van der Waals surface area contributed by atoms with E-state index in [-0.39, 0.29) is 17.8 Å². The molecule has 3 rings (SSSR count). The third-order valence-electron chi connectivity index (χ3n) is 4.41. The van der Waals surface area contributed by atoms with Gasteiger partial charge in [-0.15, -0.1) is 0 Å². The summed E-state index contributed by atoms with van der Waals surface area (Å²) in [5.74, 6) is -4.63. The molecule has 0 aromatic heterocycles. The van der Waals surface area contributed by atoms with Gasteiger partial charge in [-0.2, -0.15) is 13.2 Å². The van der Waals surface area contributed by atoms with Crippen molar-refractivity contribution in [3.8, 4) is 0 Å². The number of rotatable bonds is 3. The molecule has 2 unspecified atom stereocenters. The highest BCUT2D eigenvalue weighted by Gasteiger charge is 2.46. The number of carbonyl (C=O) groups excluding carboxylic acids is 2.